The van der Waals surface area contributed by atoms with Gasteiger partial charge >= 0.3 is 0 Å². The van der Waals surface area contributed by atoms with E-state index in [1.807, 2.05) is 5.51 Å². The van der Waals surface area contributed by atoms with Crippen LogP contribution in [-0.2, 0) is 19.6 Å². The van der Waals surface area contributed by atoms with Gasteiger partial charge in [-0.15, -0.1) is 11.3 Å². The number of hydrogen-bond donors (Lipinski definition) is 1. The standard InChI is InChI=1S/C17H25N3S/c1-13(2)18-9-15-7-5-6-8-16(15)10-20(4)11-17-14(3)19-12-21-17/h5-8,12-13,18H,9-11H2,1-4H3. The van der Waals surface area contributed by atoms with Crippen molar-refractivity contribution in [2.24, 2.45) is 0 Å². The largest absolute Gasteiger partial charge is 0.310 e. The molecule has 1 aromatic heterocycles. The Morgan fingerprint density at radius 1 is 1.19 bits per heavy atom. The second-order valence-corrected chi connectivity index (χ2v) is 6.78. The Kier molecular flexibility index (Phi) is 5.91. The number of rotatable bonds is 7. The van der Waals surface area contributed by atoms with Crippen LogP contribution in [0.5, 0.6) is 0 Å². The number of aryl methyl sites for hydroxylation is 1. The van der Waals surface area contributed by atoms with Crippen molar-refractivity contribution in [3.05, 3.63) is 51.5 Å². The monoisotopic (exact) mass is 303 g/mol. The predicted octanol–water partition coefficient (Wildman–Crippen LogP) is 3.58. The van der Waals surface area contributed by atoms with E-state index < -0.39 is 0 Å². The van der Waals surface area contributed by atoms with Crippen molar-refractivity contribution in [1.82, 2.24) is 15.2 Å². The molecule has 2 aromatic rings. The highest BCUT2D eigenvalue weighted by Crippen LogP contribution is 2.17. The van der Waals surface area contributed by atoms with Gasteiger partial charge in [0.1, 0.15) is 0 Å². The quantitative estimate of drug-likeness (QED) is 0.847. The molecule has 3 nitrogen and oxygen atoms in total. The van der Waals surface area contributed by atoms with Crippen LogP contribution in [0.1, 0.15) is 35.5 Å². The van der Waals surface area contributed by atoms with Gasteiger partial charge < -0.3 is 5.32 Å². The Bertz CT molecular complexity index is 563. The summed E-state index contributed by atoms with van der Waals surface area (Å²) in [6.07, 6.45) is 0. The summed E-state index contributed by atoms with van der Waals surface area (Å²) in [5.41, 5.74) is 5.87. The van der Waals surface area contributed by atoms with Gasteiger partial charge in [0.2, 0.25) is 0 Å². The normalized spacial score (nSPS) is 11.5. The molecule has 0 bridgehead atoms. The van der Waals surface area contributed by atoms with Gasteiger partial charge in [0.05, 0.1) is 11.2 Å². The molecule has 0 fully saturated rings. The lowest BCUT2D eigenvalue weighted by Gasteiger charge is -2.19. The van der Waals surface area contributed by atoms with E-state index in [1.54, 1.807) is 11.3 Å². The Labute approximate surface area is 132 Å². The fourth-order valence-electron chi connectivity index (χ4n) is 2.27. The first kappa shape index (κ1) is 16.1. The highest BCUT2D eigenvalue weighted by molar-refractivity contribution is 7.09. The Morgan fingerprint density at radius 2 is 1.90 bits per heavy atom. The minimum absolute atomic E-state index is 0.510. The zero-order chi connectivity index (χ0) is 15.2. The third-order valence-corrected chi connectivity index (χ3v) is 4.44. The van der Waals surface area contributed by atoms with Gasteiger partial charge in [-0.2, -0.15) is 0 Å². The van der Waals surface area contributed by atoms with Crippen LogP contribution in [0.2, 0.25) is 0 Å². The summed E-state index contributed by atoms with van der Waals surface area (Å²) in [4.78, 5) is 8.04. The van der Waals surface area contributed by atoms with E-state index in [0.717, 1.165) is 25.3 Å². The zero-order valence-electron chi connectivity index (χ0n) is 13.4. The molecular formula is C17H25N3S. The summed E-state index contributed by atoms with van der Waals surface area (Å²) in [7, 11) is 2.17. The molecule has 0 aliphatic rings. The summed E-state index contributed by atoms with van der Waals surface area (Å²) in [6.45, 7) is 9.31. The molecule has 0 saturated heterocycles. The lowest BCUT2D eigenvalue weighted by atomic mass is 10.1. The van der Waals surface area contributed by atoms with Crippen molar-refractivity contribution >= 4 is 11.3 Å². The Hall–Kier alpha value is -1.23. The SMILES string of the molecule is Cc1ncsc1CN(C)Cc1ccccc1CNC(C)C. The molecule has 1 aromatic carbocycles. The third kappa shape index (κ3) is 4.92. The van der Waals surface area contributed by atoms with E-state index in [-0.39, 0.29) is 0 Å². The highest BCUT2D eigenvalue weighted by Gasteiger charge is 2.09. The molecule has 1 N–H and O–H groups in total. The van der Waals surface area contributed by atoms with Crippen molar-refractivity contribution in [2.75, 3.05) is 7.05 Å². The van der Waals surface area contributed by atoms with Crippen LogP contribution in [0.25, 0.3) is 0 Å². The summed E-state index contributed by atoms with van der Waals surface area (Å²) in [6, 6.07) is 9.20. The van der Waals surface area contributed by atoms with Gasteiger partial charge in [-0.3, -0.25) is 4.90 Å². The molecule has 4 heteroatoms. The molecular weight excluding hydrogens is 278 g/mol. The second kappa shape index (κ2) is 7.69. The molecule has 114 valence electrons. The summed E-state index contributed by atoms with van der Waals surface area (Å²) < 4.78 is 0. The Balaban J connectivity index is 2.00. The molecule has 0 aliphatic carbocycles. The summed E-state index contributed by atoms with van der Waals surface area (Å²) in [5.74, 6) is 0. The summed E-state index contributed by atoms with van der Waals surface area (Å²) >= 11 is 1.74. The number of nitrogens with one attached hydrogen (secondary N) is 1. The smallest absolute Gasteiger partial charge is 0.0798 e. The van der Waals surface area contributed by atoms with Gasteiger partial charge in [-0.25, -0.2) is 4.98 Å². The van der Waals surface area contributed by atoms with Crippen molar-refractivity contribution in [1.29, 1.82) is 0 Å². The van der Waals surface area contributed by atoms with Crippen molar-refractivity contribution in [3.8, 4) is 0 Å². The summed E-state index contributed by atoms with van der Waals surface area (Å²) in [5, 5.41) is 3.50. The van der Waals surface area contributed by atoms with E-state index in [0.29, 0.717) is 6.04 Å². The van der Waals surface area contributed by atoms with E-state index >= 15 is 0 Å². The first-order chi connectivity index (χ1) is 10.1. The molecule has 0 unspecified atom stereocenters. The fourth-order valence-corrected chi connectivity index (χ4v) is 3.12. The highest BCUT2D eigenvalue weighted by atomic mass is 32.1. The van der Waals surface area contributed by atoms with Crippen molar-refractivity contribution in [3.63, 3.8) is 0 Å². The van der Waals surface area contributed by atoms with E-state index in [4.69, 9.17) is 0 Å². The maximum atomic E-state index is 4.32. The third-order valence-electron chi connectivity index (χ3n) is 3.52. The van der Waals surface area contributed by atoms with E-state index in [9.17, 15) is 0 Å². The number of nitrogens with zero attached hydrogens (tertiary/aromatic N) is 2. The van der Waals surface area contributed by atoms with Gasteiger partial charge in [-0.05, 0) is 25.1 Å². The van der Waals surface area contributed by atoms with Gasteiger partial charge in [0.15, 0.2) is 0 Å². The first-order valence-corrected chi connectivity index (χ1v) is 8.32. The molecule has 0 aliphatic heterocycles. The van der Waals surface area contributed by atoms with Crippen LogP contribution in [-0.4, -0.2) is 23.0 Å². The lowest BCUT2D eigenvalue weighted by molar-refractivity contribution is 0.319. The molecule has 21 heavy (non-hydrogen) atoms. The van der Waals surface area contributed by atoms with E-state index in [2.05, 4.69) is 67.3 Å². The second-order valence-electron chi connectivity index (χ2n) is 5.84. The van der Waals surface area contributed by atoms with E-state index in [1.165, 1.54) is 16.0 Å². The maximum absolute atomic E-state index is 4.32. The number of hydrogen-bond acceptors (Lipinski definition) is 4. The van der Waals surface area contributed by atoms with Crippen LogP contribution in [0.3, 0.4) is 0 Å². The van der Waals surface area contributed by atoms with Crippen LogP contribution in [0.4, 0.5) is 0 Å². The topological polar surface area (TPSA) is 28.2 Å². The molecule has 0 saturated carbocycles. The number of aromatic nitrogens is 1. The van der Waals surface area contributed by atoms with Crippen LogP contribution in [0.15, 0.2) is 29.8 Å². The fraction of sp³-hybridized carbons (Fsp3) is 0.471. The molecule has 0 spiro atoms. The average Bonchev–Trinajstić information content (AvgIpc) is 2.83. The number of benzene rings is 1. The molecule has 0 radical (unpaired) electrons. The van der Waals surface area contributed by atoms with Crippen molar-refractivity contribution < 1.29 is 0 Å². The maximum Gasteiger partial charge on any atom is 0.0798 e. The Morgan fingerprint density at radius 3 is 2.52 bits per heavy atom. The molecule has 0 atom stereocenters. The minimum atomic E-state index is 0.510. The predicted molar refractivity (Wildman–Crippen MR) is 90.4 cm³/mol. The molecule has 2 rings (SSSR count). The van der Waals surface area contributed by atoms with Gasteiger partial charge in [0.25, 0.3) is 0 Å². The number of thiazole rings is 1. The van der Waals surface area contributed by atoms with Crippen molar-refractivity contribution in [2.45, 2.75) is 46.4 Å². The van der Waals surface area contributed by atoms with Gasteiger partial charge in [0, 0.05) is 30.6 Å². The first-order valence-electron chi connectivity index (χ1n) is 7.44. The van der Waals surface area contributed by atoms with Gasteiger partial charge in [-0.1, -0.05) is 38.1 Å². The van der Waals surface area contributed by atoms with Crippen LogP contribution >= 0.6 is 11.3 Å². The lowest BCUT2D eigenvalue weighted by Crippen LogP contribution is -2.24. The minimum Gasteiger partial charge on any atom is -0.310 e. The average molecular weight is 303 g/mol. The van der Waals surface area contributed by atoms with Crippen LogP contribution < -0.4 is 5.32 Å². The molecule has 1 heterocycles. The van der Waals surface area contributed by atoms with Crippen LogP contribution in [0, 0.1) is 6.92 Å². The zero-order valence-corrected chi connectivity index (χ0v) is 14.2. The molecule has 0 amide bonds.